The van der Waals surface area contributed by atoms with E-state index in [1.165, 1.54) is 11.3 Å². The van der Waals surface area contributed by atoms with Gasteiger partial charge in [0.25, 0.3) is 5.91 Å². The molecule has 3 aliphatic rings. The van der Waals surface area contributed by atoms with Gasteiger partial charge in [0, 0.05) is 43.9 Å². The lowest BCUT2D eigenvalue weighted by atomic mass is 9.83. The molecule has 11 nitrogen and oxygen atoms in total. The third-order valence-corrected chi connectivity index (χ3v) is 11.4. The number of aromatic nitrogens is 1. The Morgan fingerprint density at radius 1 is 0.982 bits per heavy atom. The standard InChI is InChI=1S/C42H51ClF2N4O7S/c1-24-25(11-9-12-32(24)53-8)21-48(26-14-15-26)38(50)35-28(33-20-46-34(57-33)13-10-18-54-37-30(45)17-16-29(44)36(37)43)19-27-22-47(39(51)55-41(2,3)4)23-31(35)49(27)40(52)56-42(5,6)7/h9,11-12,16-17,20,26-27,31H,10,13-15,18-19,21-23H2,1-8H3/t27?,31-/m1/s1. The maximum Gasteiger partial charge on any atom is 0.411 e. The van der Waals surface area contributed by atoms with E-state index in [9.17, 15) is 18.4 Å². The number of carbonyl (C=O) groups excluding carboxylic acids is 3. The minimum absolute atomic E-state index is 0.0106. The highest BCUT2D eigenvalue weighted by Crippen LogP contribution is 2.43. The fraction of sp³-hybridized carbons (Fsp3) is 0.524. The van der Waals surface area contributed by atoms with Crippen LogP contribution >= 0.6 is 22.9 Å². The predicted octanol–water partition coefficient (Wildman–Crippen LogP) is 8.98. The molecule has 3 heterocycles. The highest BCUT2D eigenvalue weighted by molar-refractivity contribution is 7.12. The normalized spacial score (nSPS) is 18.4. The average Bonchev–Trinajstić information content (AvgIpc) is 3.86. The number of benzene rings is 2. The smallest absolute Gasteiger partial charge is 0.411 e. The molecule has 3 aromatic rings. The highest BCUT2D eigenvalue weighted by Gasteiger charge is 2.51. The van der Waals surface area contributed by atoms with Crippen molar-refractivity contribution in [3.63, 3.8) is 0 Å². The Hall–Kier alpha value is -4.43. The molecule has 0 radical (unpaired) electrons. The van der Waals surface area contributed by atoms with Crippen molar-refractivity contribution in [1.29, 1.82) is 0 Å². The lowest BCUT2D eigenvalue weighted by Gasteiger charge is -2.51. The lowest BCUT2D eigenvalue weighted by Crippen LogP contribution is -2.66. The van der Waals surface area contributed by atoms with Crippen LogP contribution in [0.2, 0.25) is 5.02 Å². The maximum atomic E-state index is 15.3. The predicted molar refractivity (Wildman–Crippen MR) is 214 cm³/mol. The van der Waals surface area contributed by atoms with Crippen molar-refractivity contribution >= 4 is 46.6 Å². The average molecular weight is 829 g/mol. The number of thiazole rings is 1. The summed E-state index contributed by atoms with van der Waals surface area (Å²) < 4.78 is 51.1. The van der Waals surface area contributed by atoms with E-state index in [-0.39, 0.29) is 43.8 Å². The van der Waals surface area contributed by atoms with Crippen LogP contribution in [0, 0.1) is 18.6 Å². The second kappa shape index (κ2) is 16.8. The van der Waals surface area contributed by atoms with Crippen molar-refractivity contribution in [2.45, 2.75) is 116 Å². The van der Waals surface area contributed by atoms with Gasteiger partial charge in [-0.2, -0.15) is 0 Å². The summed E-state index contributed by atoms with van der Waals surface area (Å²) in [5.74, 6) is -1.36. The van der Waals surface area contributed by atoms with Gasteiger partial charge in [-0.05, 0) is 109 Å². The van der Waals surface area contributed by atoms with Crippen molar-refractivity contribution in [2.75, 3.05) is 26.8 Å². The molecule has 1 saturated carbocycles. The second-order valence-electron chi connectivity index (χ2n) is 16.7. The van der Waals surface area contributed by atoms with Crippen molar-refractivity contribution in [2.24, 2.45) is 0 Å². The molecule has 6 rings (SSSR count). The number of carbonyl (C=O) groups is 3. The fourth-order valence-corrected chi connectivity index (χ4v) is 8.46. The van der Waals surface area contributed by atoms with Crippen LogP contribution in [-0.4, -0.2) is 93.9 Å². The summed E-state index contributed by atoms with van der Waals surface area (Å²) in [6, 6.07) is 6.30. The van der Waals surface area contributed by atoms with Gasteiger partial charge in [0.1, 0.15) is 27.8 Å². The molecule has 0 spiro atoms. The molecule has 2 aromatic carbocycles. The summed E-state index contributed by atoms with van der Waals surface area (Å²) in [4.78, 5) is 53.7. The molecule has 57 heavy (non-hydrogen) atoms. The quantitative estimate of drug-likeness (QED) is 0.139. The van der Waals surface area contributed by atoms with E-state index in [1.807, 2.05) is 30.0 Å². The molecule has 2 fully saturated rings. The number of hydrogen-bond donors (Lipinski definition) is 0. The van der Waals surface area contributed by atoms with Crippen LogP contribution in [0.5, 0.6) is 11.5 Å². The molecular formula is C42H51ClF2N4O7S. The monoisotopic (exact) mass is 828 g/mol. The zero-order valence-electron chi connectivity index (χ0n) is 33.7. The van der Waals surface area contributed by atoms with E-state index < -0.39 is 52.1 Å². The first-order valence-electron chi connectivity index (χ1n) is 19.2. The van der Waals surface area contributed by atoms with Crippen molar-refractivity contribution in [3.05, 3.63) is 79.8 Å². The van der Waals surface area contributed by atoms with Crippen LogP contribution in [0.15, 0.2) is 42.1 Å². The van der Waals surface area contributed by atoms with Gasteiger partial charge < -0.3 is 28.7 Å². The van der Waals surface area contributed by atoms with Crippen molar-refractivity contribution in [3.8, 4) is 11.5 Å². The first-order valence-corrected chi connectivity index (χ1v) is 20.4. The molecule has 2 bridgehead atoms. The van der Waals surface area contributed by atoms with E-state index in [1.54, 1.807) is 64.6 Å². The molecule has 2 atom stereocenters. The summed E-state index contributed by atoms with van der Waals surface area (Å²) in [5, 5.41) is 0.339. The van der Waals surface area contributed by atoms with Gasteiger partial charge in [0.2, 0.25) is 0 Å². The number of methoxy groups -OCH3 is 1. The fourth-order valence-electron chi connectivity index (χ4n) is 7.23. The number of fused-ring (bicyclic) bond motifs is 2. The molecule has 2 aliphatic heterocycles. The largest absolute Gasteiger partial charge is 0.496 e. The number of nitrogens with zero attached hydrogens (tertiary/aromatic N) is 4. The Kier molecular flexibility index (Phi) is 12.4. The van der Waals surface area contributed by atoms with E-state index in [0.29, 0.717) is 25.0 Å². The minimum Gasteiger partial charge on any atom is -0.496 e. The van der Waals surface area contributed by atoms with Gasteiger partial charge in [0.05, 0.1) is 35.7 Å². The number of amides is 3. The topological polar surface area (TPSA) is 111 Å². The molecule has 1 unspecified atom stereocenters. The SMILES string of the molecule is COc1cccc(CN(C(=O)C2=C(c3cnc(CCCOc4c(F)ccc(F)c4Cl)s3)CC3CN(C(=O)OC(C)(C)C)C[C@H]2N3C(=O)OC(C)(C)C)C2CC2)c1C. The Balaban J connectivity index is 1.38. The third kappa shape index (κ3) is 9.82. The van der Waals surface area contributed by atoms with Crippen molar-refractivity contribution < 1.29 is 42.1 Å². The summed E-state index contributed by atoms with van der Waals surface area (Å²) in [7, 11) is 1.62. The van der Waals surface area contributed by atoms with Gasteiger partial charge >= 0.3 is 12.2 Å². The molecular weight excluding hydrogens is 778 g/mol. The van der Waals surface area contributed by atoms with Crippen LogP contribution in [0.4, 0.5) is 18.4 Å². The first-order chi connectivity index (χ1) is 26.8. The van der Waals surface area contributed by atoms with Crippen LogP contribution in [0.25, 0.3) is 5.57 Å². The minimum atomic E-state index is -0.847. The Morgan fingerprint density at radius 3 is 2.33 bits per heavy atom. The summed E-state index contributed by atoms with van der Waals surface area (Å²) in [6.07, 6.45) is 3.48. The van der Waals surface area contributed by atoms with E-state index >= 15 is 4.79 Å². The Labute approximate surface area is 341 Å². The Morgan fingerprint density at radius 2 is 1.67 bits per heavy atom. The first kappa shape index (κ1) is 42.2. The van der Waals surface area contributed by atoms with Crippen LogP contribution in [0.1, 0.15) is 88.2 Å². The lowest BCUT2D eigenvalue weighted by molar-refractivity contribution is -0.129. The van der Waals surface area contributed by atoms with Crippen LogP contribution < -0.4 is 9.47 Å². The number of aryl methyl sites for hydroxylation is 1. The molecule has 3 amide bonds. The molecule has 15 heteroatoms. The van der Waals surface area contributed by atoms with Crippen LogP contribution in [-0.2, 0) is 27.2 Å². The number of piperazine rings is 1. The second-order valence-corrected chi connectivity index (χ2v) is 18.2. The van der Waals surface area contributed by atoms with E-state index in [4.69, 9.17) is 30.5 Å². The number of halogens is 3. The number of rotatable bonds is 11. The zero-order chi connectivity index (χ0) is 41.4. The summed E-state index contributed by atoms with van der Waals surface area (Å²) in [6.45, 7) is 13.3. The number of hydrogen-bond acceptors (Lipinski definition) is 9. The summed E-state index contributed by atoms with van der Waals surface area (Å²) in [5.41, 5.74) is 1.48. The van der Waals surface area contributed by atoms with Gasteiger partial charge in [-0.25, -0.2) is 23.4 Å². The van der Waals surface area contributed by atoms with Gasteiger partial charge in [-0.3, -0.25) is 9.69 Å². The Bertz CT molecular complexity index is 2040. The van der Waals surface area contributed by atoms with Crippen molar-refractivity contribution in [1.82, 2.24) is 19.7 Å². The molecule has 1 saturated heterocycles. The molecule has 308 valence electrons. The number of ether oxygens (including phenoxy) is 4. The van der Waals surface area contributed by atoms with Gasteiger partial charge in [-0.1, -0.05) is 23.7 Å². The zero-order valence-corrected chi connectivity index (χ0v) is 35.3. The van der Waals surface area contributed by atoms with Gasteiger partial charge in [0.15, 0.2) is 11.6 Å². The molecule has 1 aromatic heterocycles. The third-order valence-electron chi connectivity index (χ3n) is 9.98. The van der Waals surface area contributed by atoms with E-state index in [0.717, 1.165) is 57.3 Å². The highest BCUT2D eigenvalue weighted by atomic mass is 35.5. The van der Waals surface area contributed by atoms with E-state index in [2.05, 4.69) is 4.98 Å². The molecule has 1 aliphatic carbocycles. The maximum absolute atomic E-state index is 15.3. The van der Waals surface area contributed by atoms with Gasteiger partial charge in [-0.15, -0.1) is 11.3 Å². The van der Waals surface area contributed by atoms with Crippen LogP contribution in [0.3, 0.4) is 0 Å². The molecule has 0 N–H and O–H groups in total. The summed E-state index contributed by atoms with van der Waals surface area (Å²) >= 11 is 7.36.